The van der Waals surface area contributed by atoms with Gasteiger partial charge >= 0.3 is 95.4 Å². The van der Waals surface area contributed by atoms with Gasteiger partial charge < -0.3 is 50.9 Å². The summed E-state index contributed by atoms with van der Waals surface area (Å²) < 4.78 is 1.42. The zero-order valence-corrected chi connectivity index (χ0v) is 15.2. The molecule has 0 unspecified atom stereocenters. The van der Waals surface area contributed by atoms with Crippen molar-refractivity contribution in [2.75, 3.05) is 0 Å². The number of hydrogen-bond acceptors (Lipinski definition) is 0. The van der Waals surface area contributed by atoms with Gasteiger partial charge in [-0.05, 0) is 0 Å². The number of benzene rings is 2. The summed E-state index contributed by atoms with van der Waals surface area (Å²) in [6.07, 6.45) is 1.11. The fourth-order valence-corrected chi connectivity index (χ4v) is 2.66. The SMILES string of the molecule is [Br-].[Br-].[Br-].[Ti+3][c]1cccc2c1Cc1ccccc1-2. The van der Waals surface area contributed by atoms with Crippen LogP contribution in [0.1, 0.15) is 11.1 Å². The fourth-order valence-electron chi connectivity index (χ4n) is 2.16. The van der Waals surface area contributed by atoms with Crippen LogP contribution < -0.4 is 54.8 Å². The quantitative estimate of drug-likeness (QED) is 0.298. The monoisotopic (exact) mass is 450 g/mol. The van der Waals surface area contributed by atoms with Crippen LogP contribution in [0.5, 0.6) is 0 Å². The Morgan fingerprint density at radius 2 is 1.41 bits per heavy atom. The van der Waals surface area contributed by atoms with E-state index >= 15 is 0 Å². The van der Waals surface area contributed by atoms with Crippen molar-refractivity contribution in [2.24, 2.45) is 0 Å². The van der Waals surface area contributed by atoms with Crippen LogP contribution in [0.25, 0.3) is 11.1 Å². The molecule has 0 aromatic heterocycles. The van der Waals surface area contributed by atoms with Crippen molar-refractivity contribution < 1.29 is 71.4 Å². The van der Waals surface area contributed by atoms with E-state index in [4.69, 9.17) is 0 Å². The first-order valence-corrected chi connectivity index (χ1v) is 5.56. The number of rotatable bonds is 0. The summed E-state index contributed by atoms with van der Waals surface area (Å²) in [5.41, 5.74) is 5.83. The van der Waals surface area contributed by atoms with Crippen LogP contribution >= 0.6 is 0 Å². The van der Waals surface area contributed by atoms with Crippen LogP contribution in [-0.2, 0) is 26.9 Å². The van der Waals surface area contributed by atoms with Crippen molar-refractivity contribution >= 4 is 3.87 Å². The summed E-state index contributed by atoms with van der Waals surface area (Å²) in [6.45, 7) is 0. The van der Waals surface area contributed by atoms with E-state index in [0.29, 0.717) is 0 Å². The van der Waals surface area contributed by atoms with Gasteiger partial charge in [0.05, 0.1) is 0 Å². The molecule has 4 heteroatoms. The van der Waals surface area contributed by atoms with Gasteiger partial charge in [0.1, 0.15) is 0 Å². The van der Waals surface area contributed by atoms with Crippen LogP contribution in [0.2, 0.25) is 0 Å². The molecule has 0 spiro atoms. The van der Waals surface area contributed by atoms with Crippen LogP contribution in [0.4, 0.5) is 0 Å². The van der Waals surface area contributed by atoms with Crippen molar-refractivity contribution in [3.8, 4) is 11.1 Å². The van der Waals surface area contributed by atoms with Gasteiger partial charge in [-0.15, -0.1) is 0 Å². The Kier molecular flexibility index (Phi) is 7.50. The van der Waals surface area contributed by atoms with Crippen molar-refractivity contribution in [3.05, 3.63) is 53.6 Å². The Balaban J connectivity index is 0.000000853. The Morgan fingerprint density at radius 1 is 0.765 bits per heavy atom. The topological polar surface area (TPSA) is 0 Å². The molecule has 86 valence electrons. The molecule has 0 saturated heterocycles. The maximum atomic E-state index is 2.23. The molecule has 3 rings (SSSR count). The third kappa shape index (κ3) is 3.13. The summed E-state index contributed by atoms with van der Waals surface area (Å²) in [7, 11) is 0. The van der Waals surface area contributed by atoms with Gasteiger partial charge in [0.2, 0.25) is 0 Å². The van der Waals surface area contributed by atoms with Gasteiger partial charge in [0.25, 0.3) is 0 Å². The second-order valence-corrected chi connectivity index (χ2v) is 4.51. The van der Waals surface area contributed by atoms with Gasteiger partial charge in [0, 0.05) is 0 Å². The summed E-state index contributed by atoms with van der Waals surface area (Å²) in [5.74, 6) is 0. The molecule has 0 aliphatic heterocycles. The number of fused-ring (bicyclic) bond motifs is 3. The predicted octanol–water partition coefficient (Wildman–Crippen LogP) is -6.56. The molecule has 0 radical (unpaired) electrons. The van der Waals surface area contributed by atoms with E-state index < -0.39 is 0 Å². The van der Waals surface area contributed by atoms with Gasteiger partial charge in [0.15, 0.2) is 0 Å². The molecule has 0 saturated carbocycles. The van der Waals surface area contributed by atoms with E-state index in [1.165, 1.54) is 26.1 Å². The molecule has 0 atom stereocenters. The molecule has 1 aliphatic rings. The molecule has 2 aromatic rings. The Morgan fingerprint density at radius 3 is 2.18 bits per heavy atom. The zero-order chi connectivity index (χ0) is 9.54. The van der Waals surface area contributed by atoms with Crippen molar-refractivity contribution in [3.63, 3.8) is 0 Å². The summed E-state index contributed by atoms with van der Waals surface area (Å²) >= 11 is 2.20. The minimum absolute atomic E-state index is 0. The Hall–Kier alpha value is 0.594. The Labute approximate surface area is 145 Å². The predicted molar refractivity (Wildman–Crippen MR) is 54.3 cm³/mol. The van der Waals surface area contributed by atoms with Crippen LogP contribution in [0.3, 0.4) is 0 Å². The van der Waals surface area contributed by atoms with Crippen molar-refractivity contribution in [1.29, 1.82) is 0 Å². The first kappa shape index (κ1) is 17.6. The molecule has 0 N–H and O–H groups in total. The number of halogens is 3. The molecule has 0 amide bonds. The molecule has 2 aromatic carbocycles. The molecular weight excluding hydrogens is 444 g/mol. The van der Waals surface area contributed by atoms with Gasteiger partial charge in [-0.25, -0.2) is 0 Å². The van der Waals surface area contributed by atoms with Crippen LogP contribution in [0.15, 0.2) is 42.5 Å². The molecular formula is C13H9Br3Ti. The molecule has 0 fully saturated rings. The summed E-state index contributed by atoms with van der Waals surface area (Å²) in [6, 6.07) is 15.3. The van der Waals surface area contributed by atoms with E-state index in [9.17, 15) is 0 Å². The molecule has 17 heavy (non-hydrogen) atoms. The average Bonchev–Trinajstić information content (AvgIpc) is 2.59. The average molecular weight is 453 g/mol. The summed E-state index contributed by atoms with van der Waals surface area (Å²) in [5, 5.41) is 0. The number of hydrogen-bond donors (Lipinski definition) is 0. The standard InChI is InChI=1S/C13H9.3BrH.Ti/c1-3-7-12-10(5-1)9-11-6-2-4-8-13(11)12;;;;/h1-5,7-8H,9H2;3*1H;/q;;;;+3/p-3. The van der Waals surface area contributed by atoms with Gasteiger partial charge in [-0.2, -0.15) is 0 Å². The summed E-state index contributed by atoms with van der Waals surface area (Å²) in [4.78, 5) is 0. The third-order valence-electron chi connectivity index (χ3n) is 2.85. The van der Waals surface area contributed by atoms with E-state index in [-0.39, 0.29) is 50.9 Å². The van der Waals surface area contributed by atoms with E-state index in [2.05, 4.69) is 62.9 Å². The maximum absolute atomic E-state index is 2.23. The second kappa shape index (κ2) is 7.25. The first-order valence-electron chi connectivity index (χ1n) is 4.78. The van der Waals surface area contributed by atoms with E-state index in [0.717, 1.165) is 6.42 Å². The van der Waals surface area contributed by atoms with Gasteiger partial charge in [-0.3, -0.25) is 0 Å². The van der Waals surface area contributed by atoms with E-state index in [1.54, 1.807) is 0 Å². The second-order valence-electron chi connectivity index (χ2n) is 3.67. The molecule has 0 nitrogen and oxygen atoms in total. The molecule has 1 aliphatic carbocycles. The van der Waals surface area contributed by atoms with Gasteiger partial charge in [-0.1, -0.05) is 0 Å². The van der Waals surface area contributed by atoms with Crippen LogP contribution in [0, 0.1) is 0 Å². The zero-order valence-electron chi connectivity index (χ0n) is 8.88. The first-order chi connectivity index (χ1) is 6.86. The van der Waals surface area contributed by atoms with Crippen LogP contribution in [-0.4, -0.2) is 0 Å². The Bertz CT molecular complexity index is 512. The van der Waals surface area contributed by atoms with Crippen molar-refractivity contribution in [1.82, 2.24) is 0 Å². The van der Waals surface area contributed by atoms with E-state index in [1.807, 2.05) is 0 Å². The normalized spacial score (nSPS) is 10.2. The molecule has 0 bridgehead atoms. The third-order valence-corrected chi connectivity index (χ3v) is 3.58. The molecule has 0 heterocycles. The van der Waals surface area contributed by atoms with Crippen molar-refractivity contribution in [2.45, 2.75) is 6.42 Å². The minimum atomic E-state index is 0. The fraction of sp³-hybridized carbons (Fsp3) is 0.0769.